The van der Waals surface area contributed by atoms with Crippen LogP contribution in [-0.2, 0) is 5.85 Å². The molecular weight excluding hydrogens is 509 g/mol. The van der Waals surface area contributed by atoms with Gasteiger partial charge in [-0.15, -0.1) is 0 Å². The highest BCUT2D eigenvalue weighted by molar-refractivity contribution is 6.02. The zero-order chi connectivity index (χ0) is 27.4. The van der Waals surface area contributed by atoms with Crippen LogP contribution in [0.4, 0.5) is 15.9 Å². The third-order valence-corrected chi connectivity index (χ3v) is 8.72. The second kappa shape index (κ2) is 9.69. The SMILES string of the molecule is CN1CCN(C2CCC(n3nc(-c4cccc5c4NC(N)(c4ccccc4F)O5)c4c(N)ncnc43)CC2)CC1. The van der Waals surface area contributed by atoms with E-state index in [-0.39, 0.29) is 11.6 Å². The molecular formula is C29H34FN9O. The molecule has 1 saturated carbocycles. The van der Waals surface area contributed by atoms with E-state index in [1.807, 2.05) is 16.8 Å². The molecule has 2 aromatic carbocycles. The Bertz CT molecular complexity index is 1560. The molecule has 1 aliphatic carbocycles. The average Bonchev–Trinajstić information content (AvgIpc) is 3.53. The summed E-state index contributed by atoms with van der Waals surface area (Å²) in [5, 5.41) is 9.03. The van der Waals surface area contributed by atoms with E-state index in [0.29, 0.717) is 34.4 Å². The predicted molar refractivity (Wildman–Crippen MR) is 152 cm³/mol. The second-order valence-corrected chi connectivity index (χ2v) is 11.2. The number of nitrogens with zero attached hydrogens (tertiary/aromatic N) is 6. The molecule has 1 saturated heterocycles. The van der Waals surface area contributed by atoms with Gasteiger partial charge in [-0.3, -0.25) is 10.6 Å². The Morgan fingerprint density at radius 1 is 0.975 bits per heavy atom. The summed E-state index contributed by atoms with van der Waals surface area (Å²) in [6.45, 7) is 4.52. The van der Waals surface area contributed by atoms with Gasteiger partial charge in [0.25, 0.3) is 5.85 Å². The van der Waals surface area contributed by atoms with Crippen molar-refractivity contribution in [1.29, 1.82) is 0 Å². The predicted octanol–water partition coefficient (Wildman–Crippen LogP) is 3.52. The van der Waals surface area contributed by atoms with Crippen molar-refractivity contribution in [3.05, 3.63) is 60.2 Å². The Morgan fingerprint density at radius 2 is 1.73 bits per heavy atom. The van der Waals surface area contributed by atoms with Gasteiger partial charge >= 0.3 is 0 Å². The van der Waals surface area contributed by atoms with Crippen LogP contribution in [0, 0.1) is 5.82 Å². The Hall–Kier alpha value is -3.80. The lowest BCUT2D eigenvalue weighted by Crippen LogP contribution is -2.49. The summed E-state index contributed by atoms with van der Waals surface area (Å²) in [7, 11) is 2.19. The molecule has 0 amide bonds. The number of para-hydroxylation sites is 1. The summed E-state index contributed by atoms with van der Waals surface area (Å²) >= 11 is 0. The number of likely N-dealkylation sites (N-methyl/N-ethyl adjacent to an activating group) is 1. The molecule has 7 rings (SSSR count). The fraction of sp³-hybridized carbons (Fsp3) is 0.414. The third kappa shape index (κ3) is 4.16. The summed E-state index contributed by atoms with van der Waals surface area (Å²) < 4.78 is 22.8. The molecule has 40 heavy (non-hydrogen) atoms. The van der Waals surface area contributed by atoms with Gasteiger partial charge in [-0.25, -0.2) is 19.0 Å². The molecule has 1 unspecified atom stereocenters. The van der Waals surface area contributed by atoms with Crippen molar-refractivity contribution in [3.8, 4) is 17.0 Å². The van der Waals surface area contributed by atoms with Gasteiger partial charge < -0.3 is 20.7 Å². The van der Waals surface area contributed by atoms with E-state index in [9.17, 15) is 4.39 Å². The molecule has 0 bridgehead atoms. The number of hydrogen-bond donors (Lipinski definition) is 3. The molecule has 2 fully saturated rings. The highest BCUT2D eigenvalue weighted by Gasteiger charge is 2.41. The van der Waals surface area contributed by atoms with Gasteiger partial charge in [0.05, 0.1) is 22.7 Å². The molecule has 2 aromatic heterocycles. The molecule has 5 N–H and O–H groups in total. The number of hydrogen-bond acceptors (Lipinski definition) is 9. The van der Waals surface area contributed by atoms with E-state index >= 15 is 0 Å². The molecule has 3 aliphatic rings. The molecule has 4 aromatic rings. The standard InChI is InChI=1S/C29H34FN9O/c1-37-13-15-38(16-14-37)18-9-11-19(12-10-18)39-28-24(27(31)33-17-34-28)26(36-39)20-5-4-8-23-25(20)35-29(32,40-23)21-6-2-3-7-22(21)30/h2-8,17-19,35H,9-16,32H2,1H3,(H2,31,33,34). The Kier molecular flexibility index (Phi) is 6.10. The molecule has 208 valence electrons. The maximum absolute atomic E-state index is 14.7. The van der Waals surface area contributed by atoms with E-state index in [1.54, 1.807) is 24.3 Å². The van der Waals surface area contributed by atoms with Crippen molar-refractivity contribution < 1.29 is 9.13 Å². The number of nitrogens with one attached hydrogen (secondary N) is 1. The highest BCUT2D eigenvalue weighted by atomic mass is 19.1. The minimum Gasteiger partial charge on any atom is -0.448 e. The molecule has 10 nitrogen and oxygen atoms in total. The fourth-order valence-electron chi connectivity index (χ4n) is 6.51. The lowest BCUT2D eigenvalue weighted by Gasteiger charge is -2.41. The number of anilines is 2. The van der Waals surface area contributed by atoms with E-state index in [4.69, 9.17) is 21.3 Å². The van der Waals surface area contributed by atoms with Crippen LogP contribution in [0.5, 0.6) is 5.75 Å². The molecule has 2 aliphatic heterocycles. The summed E-state index contributed by atoms with van der Waals surface area (Å²) in [6.07, 6.45) is 5.78. The lowest BCUT2D eigenvalue weighted by atomic mass is 9.90. The monoisotopic (exact) mass is 543 g/mol. The van der Waals surface area contributed by atoms with Gasteiger partial charge in [-0.2, -0.15) is 5.10 Å². The van der Waals surface area contributed by atoms with Crippen molar-refractivity contribution in [1.82, 2.24) is 29.5 Å². The zero-order valence-electron chi connectivity index (χ0n) is 22.6. The molecule has 1 atom stereocenters. The van der Waals surface area contributed by atoms with E-state index in [0.717, 1.165) is 63.1 Å². The van der Waals surface area contributed by atoms with Crippen LogP contribution in [-0.4, -0.2) is 68.8 Å². The first kappa shape index (κ1) is 25.2. The van der Waals surface area contributed by atoms with Crippen molar-refractivity contribution in [2.24, 2.45) is 5.73 Å². The summed E-state index contributed by atoms with van der Waals surface area (Å²) in [5.41, 5.74) is 16.0. The van der Waals surface area contributed by atoms with Gasteiger partial charge in [0.15, 0.2) is 5.65 Å². The maximum atomic E-state index is 14.7. The van der Waals surface area contributed by atoms with E-state index < -0.39 is 11.7 Å². The van der Waals surface area contributed by atoms with Crippen molar-refractivity contribution in [2.45, 2.75) is 43.6 Å². The fourth-order valence-corrected chi connectivity index (χ4v) is 6.51. The van der Waals surface area contributed by atoms with Crippen LogP contribution >= 0.6 is 0 Å². The van der Waals surface area contributed by atoms with Gasteiger partial charge in [-0.05, 0) is 50.9 Å². The number of rotatable bonds is 4. The lowest BCUT2D eigenvalue weighted by molar-refractivity contribution is 0.0815. The first-order valence-electron chi connectivity index (χ1n) is 14.0. The molecule has 0 spiro atoms. The van der Waals surface area contributed by atoms with E-state index in [2.05, 4.69) is 32.1 Å². The van der Waals surface area contributed by atoms with Crippen LogP contribution in [0.25, 0.3) is 22.3 Å². The van der Waals surface area contributed by atoms with Gasteiger partial charge in [-0.1, -0.05) is 24.3 Å². The minimum absolute atomic E-state index is 0.210. The second-order valence-electron chi connectivity index (χ2n) is 11.2. The largest absolute Gasteiger partial charge is 0.448 e. The van der Waals surface area contributed by atoms with Crippen LogP contribution in [0.1, 0.15) is 37.3 Å². The number of ether oxygens (including phenoxy) is 1. The molecule has 4 heterocycles. The first-order valence-corrected chi connectivity index (χ1v) is 14.0. The smallest absolute Gasteiger partial charge is 0.266 e. The number of nitrogen functional groups attached to an aromatic ring is 1. The topological polar surface area (TPSA) is 123 Å². The number of benzene rings is 2. The Morgan fingerprint density at radius 3 is 2.50 bits per heavy atom. The van der Waals surface area contributed by atoms with Crippen molar-refractivity contribution >= 4 is 22.5 Å². The maximum Gasteiger partial charge on any atom is 0.266 e. The highest BCUT2D eigenvalue weighted by Crippen LogP contribution is 2.47. The van der Waals surface area contributed by atoms with Crippen LogP contribution in [0.15, 0.2) is 48.8 Å². The Balaban J connectivity index is 1.22. The number of nitrogens with two attached hydrogens (primary N) is 2. The molecule has 0 radical (unpaired) electrons. The number of aromatic nitrogens is 4. The normalized spacial score (nSPS) is 25.5. The quantitative estimate of drug-likeness (QED) is 0.355. The van der Waals surface area contributed by atoms with Crippen molar-refractivity contribution in [2.75, 3.05) is 44.3 Å². The summed E-state index contributed by atoms with van der Waals surface area (Å²) in [6, 6.07) is 12.8. The summed E-state index contributed by atoms with van der Waals surface area (Å²) in [5.74, 6) is -1.14. The van der Waals surface area contributed by atoms with Gasteiger partial charge in [0.1, 0.15) is 29.4 Å². The van der Waals surface area contributed by atoms with Crippen LogP contribution < -0.4 is 21.5 Å². The van der Waals surface area contributed by atoms with Gasteiger partial charge in [0, 0.05) is 37.8 Å². The number of fused-ring (bicyclic) bond motifs is 2. The average molecular weight is 544 g/mol. The minimum atomic E-state index is -1.56. The van der Waals surface area contributed by atoms with E-state index in [1.165, 1.54) is 12.4 Å². The zero-order valence-corrected chi connectivity index (χ0v) is 22.6. The number of halogens is 1. The molecule has 11 heteroatoms. The Labute approximate surface area is 232 Å². The van der Waals surface area contributed by atoms with Crippen LogP contribution in [0.2, 0.25) is 0 Å². The third-order valence-electron chi connectivity index (χ3n) is 8.72. The van der Waals surface area contributed by atoms with Gasteiger partial charge in [0.2, 0.25) is 0 Å². The summed E-state index contributed by atoms with van der Waals surface area (Å²) in [4.78, 5) is 14.0. The van der Waals surface area contributed by atoms with Crippen LogP contribution in [0.3, 0.4) is 0 Å². The first-order chi connectivity index (χ1) is 19.4. The number of piperazine rings is 1. The van der Waals surface area contributed by atoms with Crippen molar-refractivity contribution in [3.63, 3.8) is 0 Å².